The number of hydrogen-bond donors (Lipinski definition) is 0. The number of alkyl halides is 1. The molecule has 0 radical (unpaired) electrons. The molecule has 15 heavy (non-hydrogen) atoms. The second-order valence-corrected chi connectivity index (χ2v) is 5.16. The highest BCUT2D eigenvalue weighted by molar-refractivity contribution is 14.1. The van der Waals surface area contributed by atoms with Gasteiger partial charge in [-0.25, -0.2) is 0 Å². The predicted molar refractivity (Wildman–Crippen MR) is 71.5 cm³/mol. The molecule has 0 aliphatic heterocycles. The van der Waals surface area contributed by atoms with Crippen LogP contribution in [0.3, 0.4) is 0 Å². The van der Waals surface area contributed by atoms with E-state index in [1.807, 2.05) is 0 Å². The van der Waals surface area contributed by atoms with Crippen molar-refractivity contribution in [2.24, 2.45) is 5.92 Å². The summed E-state index contributed by atoms with van der Waals surface area (Å²) in [6.45, 7) is 3.11. The molecule has 0 N–H and O–H groups in total. The maximum absolute atomic E-state index is 5.97. The average molecular weight is 316 g/mol. The molecule has 1 fully saturated rings. The molecule has 0 amide bonds. The molecule has 1 unspecified atom stereocenters. The Balaban J connectivity index is 2.00. The molecule has 0 bridgehead atoms. The van der Waals surface area contributed by atoms with Crippen molar-refractivity contribution in [1.82, 2.24) is 0 Å². The topological polar surface area (TPSA) is 9.23 Å². The fraction of sp³-hybridized carbons (Fsp3) is 0.538. The highest BCUT2D eigenvalue weighted by Crippen LogP contribution is 2.32. The monoisotopic (exact) mass is 316 g/mol. The summed E-state index contributed by atoms with van der Waals surface area (Å²) < 4.78 is 7.01. The maximum atomic E-state index is 5.97. The Morgan fingerprint density at radius 1 is 1.40 bits per heavy atom. The van der Waals surface area contributed by atoms with Gasteiger partial charge in [-0.15, -0.1) is 0 Å². The van der Waals surface area contributed by atoms with E-state index in [0.29, 0.717) is 0 Å². The van der Waals surface area contributed by atoms with Crippen molar-refractivity contribution in [2.75, 3.05) is 11.0 Å². The summed E-state index contributed by atoms with van der Waals surface area (Å²) >= 11 is 2.41. The minimum atomic E-state index is 0.285. The summed E-state index contributed by atoms with van der Waals surface area (Å²) in [7, 11) is 0. The molecule has 1 aromatic rings. The van der Waals surface area contributed by atoms with Gasteiger partial charge in [0.15, 0.2) is 0 Å². The zero-order valence-corrected chi connectivity index (χ0v) is 11.2. The minimum Gasteiger partial charge on any atom is -0.372 e. The fourth-order valence-corrected chi connectivity index (χ4v) is 2.43. The molecule has 0 aromatic heterocycles. The lowest BCUT2D eigenvalue weighted by Crippen LogP contribution is -2.09. The van der Waals surface area contributed by atoms with Crippen molar-refractivity contribution in [3.63, 3.8) is 0 Å². The molecule has 2 heteroatoms. The smallest absolute Gasteiger partial charge is 0.0916 e. The third kappa shape index (κ3) is 3.18. The first-order valence-electron chi connectivity index (χ1n) is 5.54. The van der Waals surface area contributed by atoms with E-state index in [-0.39, 0.29) is 6.10 Å². The van der Waals surface area contributed by atoms with Crippen LogP contribution in [0.15, 0.2) is 24.3 Å². The molecule has 2 rings (SSSR count). The van der Waals surface area contributed by atoms with Gasteiger partial charge < -0.3 is 4.74 Å². The minimum absolute atomic E-state index is 0.285. The first-order valence-corrected chi connectivity index (χ1v) is 7.07. The van der Waals surface area contributed by atoms with Crippen molar-refractivity contribution < 1.29 is 4.74 Å². The standard InChI is InChI=1S/C13H17IO/c1-10-4-2-3-5-12(10)13(8-14)15-9-11-6-7-11/h2-5,11,13H,6-9H2,1H3. The summed E-state index contributed by atoms with van der Waals surface area (Å²) in [5, 5.41) is 0. The number of benzene rings is 1. The van der Waals surface area contributed by atoms with Gasteiger partial charge in [0.2, 0.25) is 0 Å². The summed E-state index contributed by atoms with van der Waals surface area (Å²) in [6, 6.07) is 8.53. The third-order valence-electron chi connectivity index (χ3n) is 2.91. The molecule has 0 saturated heterocycles. The fourth-order valence-electron chi connectivity index (χ4n) is 1.70. The van der Waals surface area contributed by atoms with Gasteiger partial charge in [-0.1, -0.05) is 46.9 Å². The van der Waals surface area contributed by atoms with Crippen molar-refractivity contribution in [1.29, 1.82) is 0 Å². The van der Waals surface area contributed by atoms with Crippen LogP contribution in [0.2, 0.25) is 0 Å². The lowest BCUT2D eigenvalue weighted by molar-refractivity contribution is 0.0626. The number of hydrogen-bond acceptors (Lipinski definition) is 1. The molecule has 1 atom stereocenters. The molecule has 1 nitrogen and oxygen atoms in total. The normalized spacial score (nSPS) is 17.7. The van der Waals surface area contributed by atoms with Crippen molar-refractivity contribution in [3.05, 3.63) is 35.4 Å². The SMILES string of the molecule is Cc1ccccc1C(CI)OCC1CC1. The number of aryl methyl sites for hydroxylation is 1. The van der Waals surface area contributed by atoms with Gasteiger partial charge >= 0.3 is 0 Å². The van der Waals surface area contributed by atoms with E-state index in [9.17, 15) is 0 Å². The molecule has 0 spiro atoms. The highest BCUT2D eigenvalue weighted by Gasteiger charge is 2.23. The Hall–Kier alpha value is -0.0900. The highest BCUT2D eigenvalue weighted by atomic mass is 127. The van der Waals surface area contributed by atoms with Crippen molar-refractivity contribution in [2.45, 2.75) is 25.9 Å². The zero-order valence-electron chi connectivity index (χ0n) is 9.08. The van der Waals surface area contributed by atoms with Crippen LogP contribution in [-0.2, 0) is 4.74 Å². The Morgan fingerprint density at radius 3 is 2.73 bits per heavy atom. The van der Waals surface area contributed by atoms with Crippen LogP contribution in [0.4, 0.5) is 0 Å². The molecule has 0 heterocycles. The second kappa shape index (κ2) is 5.30. The molecule has 1 aromatic carbocycles. The van der Waals surface area contributed by atoms with Crippen molar-refractivity contribution >= 4 is 22.6 Å². The van der Waals surface area contributed by atoms with Gasteiger partial charge in [0.1, 0.15) is 0 Å². The van der Waals surface area contributed by atoms with Gasteiger partial charge in [-0.05, 0) is 36.8 Å². The van der Waals surface area contributed by atoms with E-state index in [1.165, 1.54) is 24.0 Å². The molecular weight excluding hydrogens is 299 g/mol. The van der Waals surface area contributed by atoms with Crippen LogP contribution in [-0.4, -0.2) is 11.0 Å². The summed E-state index contributed by atoms with van der Waals surface area (Å²) in [4.78, 5) is 0. The van der Waals surface area contributed by atoms with Crippen LogP contribution < -0.4 is 0 Å². The lowest BCUT2D eigenvalue weighted by Gasteiger charge is -2.17. The van der Waals surface area contributed by atoms with Crippen LogP contribution in [0.25, 0.3) is 0 Å². The van der Waals surface area contributed by atoms with Crippen LogP contribution in [0, 0.1) is 12.8 Å². The maximum Gasteiger partial charge on any atom is 0.0916 e. The van der Waals surface area contributed by atoms with E-state index in [1.54, 1.807) is 0 Å². The van der Waals surface area contributed by atoms with Gasteiger partial charge in [-0.3, -0.25) is 0 Å². The quantitative estimate of drug-likeness (QED) is 0.591. The molecular formula is C13H17IO. The molecule has 82 valence electrons. The second-order valence-electron chi connectivity index (χ2n) is 4.28. The summed E-state index contributed by atoms with van der Waals surface area (Å²) in [5.74, 6) is 0.847. The first kappa shape index (κ1) is 11.4. The first-order chi connectivity index (χ1) is 7.31. The third-order valence-corrected chi connectivity index (χ3v) is 3.71. The van der Waals surface area contributed by atoms with E-state index in [0.717, 1.165) is 17.0 Å². The number of halogens is 1. The lowest BCUT2D eigenvalue weighted by atomic mass is 10.0. The van der Waals surface area contributed by atoms with Gasteiger partial charge in [0.25, 0.3) is 0 Å². The zero-order chi connectivity index (χ0) is 10.7. The van der Waals surface area contributed by atoms with Gasteiger partial charge in [0.05, 0.1) is 12.7 Å². The molecule has 1 saturated carbocycles. The number of rotatable bonds is 5. The molecule has 1 aliphatic rings. The van der Waals surface area contributed by atoms with Gasteiger partial charge in [0, 0.05) is 4.43 Å². The van der Waals surface area contributed by atoms with E-state index < -0.39 is 0 Å². The van der Waals surface area contributed by atoms with Crippen molar-refractivity contribution in [3.8, 4) is 0 Å². The van der Waals surface area contributed by atoms with E-state index in [4.69, 9.17) is 4.74 Å². The van der Waals surface area contributed by atoms with Crippen LogP contribution in [0.5, 0.6) is 0 Å². The predicted octanol–water partition coefficient (Wildman–Crippen LogP) is 3.90. The summed E-state index contributed by atoms with van der Waals surface area (Å²) in [5.41, 5.74) is 2.70. The van der Waals surface area contributed by atoms with E-state index in [2.05, 4.69) is 53.8 Å². The average Bonchev–Trinajstić information content (AvgIpc) is 3.05. The summed E-state index contributed by atoms with van der Waals surface area (Å²) in [6.07, 6.45) is 3.01. The molecule has 1 aliphatic carbocycles. The largest absolute Gasteiger partial charge is 0.372 e. The Kier molecular flexibility index (Phi) is 4.03. The Morgan fingerprint density at radius 2 is 2.13 bits per heavy atom. The number of ether oxygens (including phenoxy) is 1. The Labute approximate surface area is 105 Å². The van der Waals surface area contributed by atoms with Crippen LogP contribution >= 0.6 is 22.6 Å². The Bertz CT molecular complexity index is 320. The van der Waals surface area contributed by atoms with Gasteiger partial charge in [-0.2, -0.15) is 0 Å². The van der Waals surface area contributed by atoms with E-state index >= 15 is 0 Å². The van der Waals surface area contributed by atoms with Crippen LogP contribution in [0.1, 0.15) is 30.1 Å².